The smallest absolute Gasteiger partial charge is 0.326 e. The van der Waals surface area contributed by atoms with Crippen molar-refractivity contribution in [1.29, 1.82) is 0 Å². The molecule has 1 heterocycles. The zero-order valence-electron chi connectivity index (χ0n) is 13.9. The van der Waals surface area contributed by atoms with Crippen molar-refractivity contribution in [2.24, 2.45) is 0 Å². The molecule has 0 saturated carbocycles. The van der Waals surface area contributed by atoms with Crippen molar-refractivity contribution in [1.82, 2.24) is 4.90 Å². The second-order valence-corrected chi connectivity index (χ2v) is 5.32. The summed E-state index contributed by atoms with van der Waals surface area (Å²) in [7, 11) is 4.54. The Labute approximate surface area is 140 Å². The van der Waals surface area contributed by atoms with Crippen molar-refractivity contribution in [3.63, 3.8) is 0 Å². The highest BCUT2D eigenvalue weighted by Gasteiger charge is 2.32. The molecule has 7 heteroatoms. The SMILES string of the molecule is COc1cc(/C=C/C(=O)N2CCCC2C(=O)O)cc(OC)c1OC. The number of amides is 1. The maximum atomic E-state index is 12.3. The van der Waals surface area contributed by atoms with Gasteiger partial charge in [0.05, 0.1) is 21.3 Å². The Kier molecular flexibility index (Phi) is 5.68. The minimum atomic E-state index is -0.970. The molecule has 2 rings (SSSR count). The Hall–Kier alpha value is -2.70. The molecule has 7 nitrogen and oxygen atoms in total. The van der Waals surface area contributed by atoms with Crippen molar-refractivity contribution >= 4 is 18.0 Å². The first-order valence-electron chi connectivity index (χ1n) is 7.53. The van der Waals surface area contributed by atoms with Crippen molar-refractivity contribution in [3.05, 3.63) is 23.8 Å². The van der Waals surface area contributed by atoms with Gasteiger partial charge in [-0.15, -0.1) is 0 Å². The van der Waals surface area contributed by atoms with Crippen molar-refractivity contribution < 1.29 is 28.9 Å². The van der Waals surface area contributed by atoms with Gasteiger partial charge in [0, 0.05) is 12.6 Å². The van der Waals surface area contributed by atoms with E-state index in [1.165, 1.54) is 32.3 Å². The van der Waals surface area contributed by atoms with Crippen LogP contribution in [0.25, 0.3) is 6.08 Å². The molecule has 1 aromatic carbocycles. The number of aliphatic carboxylic acids is 1. The zero-order chi connectivity index (χ0) is 17.7. The van der Waals surface area contributed by atoms with Crippen LogP contribution < -0.4 is 14.2 Å². The number of carbonyl (C=O) groups excluding carboxylic acids is 1. The summed E-state index contributed by atoms with van der Waals surface area (Å²) in [5.74, 6) is 0.131. The first-order valence-corrected chi connectivity index (χ1v) is 7.53. The van der Waals surface area contributed by atoms with Gasteiger partial charge in [0.2, 0.25) is 11.7 Å². The van der Waals surface area contributed by atoms with Crippen LogP contribution in [-0.2, 0) is 9.59 Å². The predicted molar refractivity (Wildman–Crippen MR) is 87.5 cm³/mol. The molecule has 1 fully saturated rings. The summed E-state index contributed by atoms with van der Waals surface area (Å²) in [6, 6.07) is 2.68. The molecule has 0 radical (unpaired) electrons. The fourth-order valence-corrected chi connectivity index (χ4v) is 2.75. The molecule has 1 unspecified atom stereocenters. The van der Waals surface area contributed by atoms with Crippen LogP contribution in [-0.4, -0.2) is 55.8 Å². The van der Waals surface area contributed by atoms with E-state index in [9.17, 15) is 9.59 Å². The van der Waals surface area contributed by atoms with Crippen LogP contribution in [0.5, 0.6) is 17.2 Å². The van der Waals surface area contributed by atoms with Gasteiger partial charge in [-0.1, -0.05) is 0 Å². The van der Waals surface area contributed by atoms with E-state index in [-0.39, 0.29) is 5.91 Å². The molecule has 1 aromatic rings. The highest BCUT2D eigenvalue weighted by molar-refractivity contribution is 5.95. The third kappa shape index (κ3) is 3.61. The topological polar surface area (TPSA) is 85.3 Å². The molecule has 0 spiro atoms. The van der Waals surface area contributed by atoms with Crippen molar-refractivity contribution in [2.45, 2.75) is 18.9 Å². The molecule has 0 aliphatic carbocycles. The Balaban J connectivity index is 2.22. The lowest BCUT2D eigenvalue weighted by Gasteiger charge is -2.19. The normalized spacial score (nSPS) is 17.1. The standard InChI is InChI=1S/C17H21NO6/c1-22-13-9-11(10-14(23-2)16(13)24-3)6-7-15(19)18-8-4-5-12(18)17(20)21/h6-7,9-10,12H,4-5,8H2,1-3H3,(H,20,21)/b7-6+. The molecule has 24 heavy (non-hydrogen) atoms. The number of likely N-dealkylation sites (tertiary alicyclic amines) is 1. The number of carboxylic acid groups (broad SMARTS) is 1. The number of benzene rings is 1. The first-order chi connectivity index (χ1) is 11.5. The molecule has 1 amide bonds. The second-order valence-electron chi connectivity index (χ2n) is 5.32. The van der Waals surface area contributed by atoms with E-state index < -0.39 is 12.0 Å². The van der Waals surface area contributed by atoms with Crippen LogP contribution in [0.1, 0.15) is 18.4 Å². The summed E-state index contributed by atoms with van der Waals surface area (Å²) >= 11 is 0. The first kappa shape index (κ1) is 17.7. The van der Waals surface area contributed by atoms with E-state index in [2.05, 4.69) is 0 Å². The van der Waals surface area contributed by atoms with Crippen LogP contribution >= 0.6 is 0 Å². The monoisotopic (exact) mass is 335 g/mol. The van der Waals surface area contributed by atoms with Gasteiger partial charge >= 0.3 is 5.97 Å². The van der Waals surface area contributed by atoms with Gasteiger partial charge in [-0.05, 0) is 36.6 Å². The quantitative estimate of drug-likeness (QED) is 0.798. The lowest BCUT2D eigenvalue weighted by Crippen LogP contribution is -2.39. The molecule has 0 aromatic heterocycles. The van der Waals surface area contributed by atoms with Gasteiger partial charge in [0.1, 0.15) is 6.04 Å². The number of methoxy groups -OCH3 is 3. The summed E-state index contributed by atoms with van der Waals surface area (Å²) in [5, 5.41) is 9.15. The van der Waals surface area contributed by atoms with Crippen LogP contribution in [0.2, 0.25) is 0 Å². The summed E-state index contributed by atoms with van der Waals surface area (Å²) in [4.78, 5) is 24.8. The fraction of sp³-hybridized carbons (Fsp3) is 0.412. The summed E-state index contributed by atoms with van der Waals surface area (Å²) < 4.78 is 15.8. The Morgan fingerprint density at radius 1 is 1.17 bits per heavy atom. The number of carbonyl (C=O) groups is 2. The lowest BCUT2D eigenvalue weighted by atomic mass is 10.1. The van der Waals surface area contributed by atoms with E-state index in [4.69, 9.17) is 19.3 Å². The number of ether oxygens (including phenoxy) is 3. The van der Waals surface area contributed by atoms with Crippen molar-refractivity contribution in [2.75, 3.05) is 27.9 Å². The highest BCUT2D eigenvalue weighted by atomic mass is 16.5. The average molecular weight is 335 g/mol. The van der Waals surface area contributed by atoms with Crippen molar-refractivity contribution in [3.8, 4) is 17.2 Å². The molecular weight excluding hydrogens is 314 g/mol. The molecule has 1 aliphatic heterocycles. The molecule has 0 bridgehead atoms. The van der Waals surface area contributed by atoms with E-state index in [1.807, 2.05) is 0 Å². The Bertz CT molecular complexity index is 629. The number of nitrogens with zero attached hydrogens (tertiary/aromatic N) is 1. The third-order valence-corrected chi connectivity index (χ3v) is 3.93. The molecule has 1 saturated heterocycles. The number of rotatable bonds is 6. The molecule has 130 valence electrons. The van der Waals surface area contributed by atoms with Gasteiger partial charge in [0.25, 0.3) is 0 Å². The molecular formula is C17H21NO6. The fourth-order valence-electron chi connectivity index (χ4n) is 2.75. The summed E-state index contributed by atoms with van der Waals surface area (Å²) in [6.45, 7) is 0.454. The predicted octanol–water partition coefficient (Wildman–Crippen LogP) is 1.80. The average Bonchev–Trinajstić information content (AvgIpc) is 3.08. The minimum absolute atomic E-state index is 0.325. The van der Waals surface area contributed by atoms with E-state index in [0.717, 1.165) is 0 Å². The number of hydrogen-bond acceptors (Lipinski definition) is 5. The molecule has 1 atom stereocenters. The van der Waals surface area contributed by atoms with Crippen LogP contribution in [0, 0.1) is 0 Å². The summed E-state index contributed by atoms with van der Waals surface area (Å²) in [5.41, 5.74) is 0.684. The van der Waals surface area contributed by atoms with Crippen LogP contribution in [0.4, 0.5) is 0 Å². The van der Waals surface area contributed by atoms with E-state index in [0.29, 0.717) is 42.2 Å². The second kappa shape index (κ2) is 7.72. The van der Waals surface area contributed by atoms with Gasteiger partial charge in [-0.3, -0.25) is 4.79 Å². The van der Waals surface area contributed by atoms with E-state index >= 15 is 0 Å². The minimum Gasteiger partial charge on any atom is -0.493 e. The number of hydrogen-bond donors (Lipinski definition) is 1. The third-order valence-electron chi connectivity index (χ3n) is 3.93. The van der Waals surface area contributed by atoms with Crippen LogP contribution in [0.15, 0.2) is 18.2 Å². The maximum Gasteiger partial charge on any atom is 0.326 e. The van der Waals surface area contributed by atoms with Gasteiger partial charge in [0.15, 0.2) is 11.5 Å². The lowest BCUT2D eigenvalue weighted by molar-refractivity contribution is -0.146. The zero-order valence-corrected chi connectivity index (χ0v) is 13.9. The van der Waals surface area contributed by atoms with Crippen LogP contribution in [0.3, 0.4) is 0 Å². The van der Waals surface area contributed by atoms with Gasteiger partial charge in [-0.25, -0.2) is 4.79 Å². The summed E-state index contributed by atoms with van der Waals surface area (Å²) in [6.07, 6.45) is 4.14. The Morgan fingerprint density at radius 2 is 1.79 bits per heavy atom. The van der Waals surface area contributed by atoms with Gasteiger partial charge in [-0.2, -0.15) is 0 Å². The van der Waals surface area contributed by atoms with Gasteiger partial charge < -0.3 is 24.2 Å². The molecule has 1 aliphatic rings. The Morgan fingerprint density at radius 3 is 2.29 bits per heavy atom. The highest BCUT2D eigenvalue weighted by Crippen LogP contribution is 2.38. The maximum absolute atomic E-state index is 12.3. The molecule has 1 N–H and O–H groups in total. The number of carboxylic acids is 1. The largest absolute Gasteiger partial charge is 0.493 e. The van der Waals surface area contributed by atoms with E-state index in [1.54, 1.807) is 18.2 Å².